The van der Waals surface area contributed by atoms with E-state index < -0.39 is 0 Å². The number of nitrogens with zero attached hydrogens (tertiary/aromatic N) is 1. The van der Waals surface area contributed by atoms with Crippen molar-refractivity contribution >= 4 is 9.68 Å². The van der Waals surface area contributed by atoms with Crippen molar-refractivity contribution in [2.24, 2.45) is 0 Å². The van der Waals surface area contributed by atoms with Crippen LogP contribution in [0, 0.1) is 0 Å². The highest BCUT2D eigenvalue weighted by Crippen LogP contribution is 1.89. The Morgan fingerprint density at radius 1 is 1.30 bits per heavy atom. The summed E-state index contributed by atoms with van der Waals surface area (Å²) in [6.07, 6.45) is 0. The quantitative estimate of drug-likeness (QED) is 0.557. The minimum atomic E-state index is -0.0509. The van der Waals surface area contributed by atoms with Gasteiger partial charge < -0.3 is 4.57 Å². The van der Waals surface area contributed by atoms with Gasteiger partial charge in [0.05, 0.1) is 0 Å². The molecule has 0 unspecified atom stereocenters. The minimum Gasteiger partial charge on any atom is -0.326 e. The summed E-state index contributed by atoms with van der Waals surface area (Å²) in [6, 6.07) is 0. The molecule has 0 aliphatic carbocycles. The summed E-state index contributed by atoms with van der Waals surface area (Å²) in [6.45, 7) is 11.2. The van der Waals surface area contributed by atoms with Gasteiger partial charge in [-0.1, -0.05) is 25.1 Å². The van der Waals surface area contributed by atoms with Crippen molar-refractivity contribution in [3.8, 4) is 0 Å². The van der Waals surface area contributed by atoms with Crippen LogP contribution in [-0.4, -0.2) is 27.3 Å². The van der Waals surface area contributed by atoms with Gasteiger partial charge in [0, 0.05) is 0 Å². The lowest BCUT2D eigenvalue weighted by Crippen LogP contribution is -2.26. The summed E-state index contributed by atoms with van der Waals surface area (Å²) >= 11 is 0. The van der Waals surface area contributed by atoms with Crippen molar-refractivity contribution in [2.45, 2.75) is 27.7 Å². The van der Waals surface area contributed by atoms with Crippen LogP contribution in [0.2, 0.25) is 0 Å². The second kappa shape index (κ2) is 5.68. The number of rotatable bonds is 4. The molecule has 0 atom stereocenters. The van der Waals surface area contributed by atoms with Gasteiger partial charge in [-0.2, -0.15) is 0 Å². The smallest absolute Gasteiger partial charge is 0.119 e. The molecule has 0 aliphatic rings. The number of allylic oxidation sites excluding steroid dienone is 1. The van der Waals surface area contributed by atoms with E-state index in [1.807, 2.05) is 0 Å². The van der Waals surface area contributed by atoms with Crippen LogP contribution < -0.4 is 0 Å². The fraction of sp³-hybridized carbons (Fsp3) is 0.750. The normalized spacial score (nSPS) is 11.3. The lowest BCUT2D eigenvalue weighted by Gasteiger charge is -2.14. The summed E-state index contributed by atoms with van der Waals surface area (Å²) < 4.78 is 2.53. The van der Waals surface area contributed by atoms with Crippen LogP contribution in [0.1, 0.15) is 27.7 Å². The Hall–Kier alpha value is -0.0831. The number of hydrogen-bond acceptors (Lipinski definition) is 1. The molecule has 0 bridgehead atoms. The van der Waals surface area contributed by atoms with Crippen molar-refractivity contribution in [3.05, 3.63) is 11.3 Å². The first-order chi connectivity index (χ1) is 4.70. The van der Waals surface area contributed by atoms with E-state index >= 15 is 0 Å². The molecule has 1 nitrogen and oxygen atoms in total. The molecular formula is C8H19NSi. The molecule has 0 saturated heterocycles. The van der Waals surface area contributed by atoms with E-state index in [1.54, 1.807) is 0 Å². The third kappa shape index (κ3) is 4.76. The fourth-order valence-electron chi connectivity index (χ4n) is 0.793. The van der Waals surface area contributed by atoms with Crippen LogP contribution in [0.3, 0.4) is 0 Å². The highest BCUT2D eigenvalue weighted by molar-refractivity contribution is 6.38. The van der Waals surface area contributed by atoms with Crippen LogP contribution in [0.5, 0.6) is 0 Å². The van der Waals surface area contributed by atoms with E-state index in [0.29, 0.717) is 0 Å². The molecule has 0 radical (unpaired) electrons. The number of hydrogen-bond donors (Lipinski definition) is 0. The summed E-state index contributed by atoms with van der Waals surface area (Å²) in [5, 5.41) is 0. The van der Waals surface area contributed by atoms with Gasteiger partial charge in [0.15, 0.2) is 0 Å². The molecule has 60 valence electrons. The second-order valence-electron chi connectivity index (χ2n) is 2.77. The van der Waals surface area contributed by atoms with Crippen LogP contribution >= 0.6 is 0 Å². The zero-order valence-electron chi connectivity index (χ0n) is 7.65. The Bertz CT molecular complexity index is 102. The van der Waals surface area contributed by atoms with Gasteiger partial charge in [-0.3, -0.25) is 0 Å². The molecule has 2 heteroatoms. The predicted octanol–water partition coefficient (Wildman–Crippen LogP) is 1.34. The SMILES string of the molecule is CCN(CC)[SiH2]C=C(C)C. The summed E-state index contributed by atoms with van der Waals surface area (Å²) in [5.41, 5.74) is 3.88. The maximum Gasteiger partial charge on any atom is 0.119 e. The molecule has 0 aromatic heterocycles. The Morgan fingerprint density at radius 3 is 2.10 bits per heavy atom. The van der Waals surface area contributed by atoms with Crippen LogP contribution in [0.4, 0.5) is 0 Å². The van der Waals surface area contributed by atoms with E-state index in [9.17, 15) is 0 Å². The molecular weight excluding hydrogens is 138 g/mol. The van der Waals surface area contributed by atoms with Crippen molar-refractivity contribution in [2.75, 3.05) is 13.1 Å². The molecule has 0 amide bonds. The molecule has 0 aliphatic heterocycles. The topological polar surface area (TPSA) is 3.24 Å². The average Bonchev–Trinajstić information content (AvgIpc) is 1.90. The van der Waals surface area contributed by atoms with Gasteiger partial charge in [0.1, 0.15) is 9.68 Å². The summed E-state index contributed by atoms with van der Waals surface area (Å²) in [5.74, 6) is 0. The van der Waals surface area contributed by atoms with Crippen molar-refractivity contribution in [1.29, 1.82) is 0 Å². The van der Waals surface area contributed by atoms with E-state index in [0.717, 1.165) is 0 Å². The third-order valence-electron chi connectivity index (χ3n) is 1.65. The Morgan fingerprint density at radius 2 is 1.80 bits per heavy atom. The maximum atomic E-state index is 2.53. The predicted molar refractivity (Wildman–Crippen MR) is 50.9 cm³/mol. The van der Waals surface area contributed by atoms with Crippen LogP contribution in [0.15, 0.2) is 11.3 Å². The zero-order chi connectivity index (χ0) is 7.98. The lowest BCUT2D eigenvalue weighted by atomic mass is 10.4. The van der Waals surface area contributed by atoms with Gasteiger partial charge >= 0.3 is 0 Å². The molecule has 10 heavy (non-hydrogen) atoms. The largest absolute Gasteiger partial charge is 0.326 e. The highest BCUT2D eigenvalue weighted by atomic mass is 28.2. The summed E-state index contributed by atoms with van der Waals surface area (Å²) in [4.78, 5) is 0. The Balaban J connectivity index is 3.54. The van der Waals surface area contributed by atoms with Crippen molar-refractivity contribution in [1.82, 2.24) is 4.57 Å². The standard InChI is InChI=1S/C8H19NSi/c1-5-9(6-2)10-7-8(3)4/h7H,5-6,10H2,1-4H3. The molecule has 0 spiro atoms. The molecule has 0 aromatic rings. The molecule has 0 N–H and O–H groups in total. The Kier molecular flexibility index (Phi) is 5.64. The first kappa shape index (κ1) is 9.92. The zero-order valence-corrected chi connectivity index (χ0v) is 9.06. The average molecular weight is 157 g/mol. The second-order valence-corrected chi connectivity index (χ2v) is 4.44. The van der Waals surface area contributed by atoms with Gasteiger partial charge in [-0.05, 0) is 26.9 Å². The van der Waals surface area contributed by atoms with Gasteiger partial charge in [0.25, 0.3) is 0 Å². The molecule has 0 rings (SSSR count). The minimum absolute atomic E-state index is 0.0509. The molecule has 0 heterocycles. The van der Waals surface area contributed by atoms with Gasteiger partial charge in [0.2, 0.25) is 0 Å². The van der Waals surface area contributed by atoms with E-state index in [2.05, 4.69) is 38.0 Å². The molecule has 0 saturated carbocycles. The fourth-order valence-corrected chi connectivity index (χ4v) is 1.93. The van der Waals surface area contributed by atoms with Crippen LogP contribution in [0.25, 0.3) is 0 Å². The van der Waals surface area contributed by atoms with Gasteiger partial charge in [-0.15, -0.1) is 0 Å². The molecule has 0 fully saturated rings. The lowest BCUT2D eigenvalue weighted by molar-refractivity contribution is 0.498. The summed E-state index contributed by atoms with van der Waals surface area (Å²) in [7, 11) is -0.0509. The van der Waals surface area contributed by atoms with E-state index in [1.165, 1.54) is 18.7 Å². The van der Waals surface area contributed by atoms with Crippen LogP contribution in [-0.2, 0) is 0 Å². The molecule has 0 aromatic carbocycles. The van der Waals surface area contributed by atoms with Crippen molar-refractivity contribution in [3.63, 3.8) is 0 Å². The monoisotopic (exact) mass is 157 g/mol. The maximum absolute atomic E-state index is 2.53. The first-order valence-corrected chi connectivity index (χ1v) is 5.51. The first-order valence-electron chi connectivity index (χ1n) is 4.06. The Labute approximate surface area is 67.0 Å². The third-order valence-corrected chi connectivity index (χ3v) is 4.06. The van der Waals surface area contributed by atoms with E-state index in [-0.39, 0.29) is 9.68 Å². The van der Waals surface area contributed by atoms with Gasteiger partial charge in [-0.25, -0.2) is 0 Å². The highest BCUT2D eigenvalue weighted by Gasteiger charge is 1.94. The van der Waals surface area contributed by atoms with E-state index in [4.69, 9.17) is 0 Å². The van der Waals surface area contributed by atoms with Crippen molar-refractivity contribution < 1.29 is 0 Å².